The molecule has 1 atom stereocenters. The van der Waals surface area contributed by atoms with E-state index in [1.807, 2.05) is 0 Å². The molecular weight excluding hydrogens is 196 g/mol. The molecule has 1 saturated heterocycles. The monoisotopic (exact) mass is 216 g/mol. The molecule has 0 saturated carbocycles. The average Bonchev–Trinajstić information content (AvgIpc) is 2.76. The first-order chi connectivity index (χ1) is 6.34. The molecule has 0 radical (unpaired) electrons. The van der Waals surface area contributed by atoms with Crippen molar-refractivity contribution in [2.24, 2.45) is 0 Å². The van der Waals surface area contributed by atoms with Gasteiger partial charge in [0.1, 0.15) is 5.60 Å². The number of hydrogen-bond donors (Lipinski definition) is 0. The summed E-state index contributed by atoms with van der Waals surface area (Å²) >= 11 is 1.40. The van der Waals surface area contributed by atoms with E-state index in [9.17, 15) is 4.79 Å². The molecule has 3 heteroatoms. The van der Waals surface area contributed by atoms with E-state index in [0.717, 1.165) is 12.8 Å². The van der Waals surface area contributed by atoms with E-state index in [0.29, 0.717) is 0 Å². The summed E-state index contributed by atoms with van der Waals surface area (Å²) < 4.78 is 5.54. The first-order valence-corrected chi connectivity index (χ1v) is 6.07. The molecule has 1 heterocycles. The third kappa shape index (κ3) is 2.51. The van der Waals surface area contributed by atoms with Gasteiger partial charge < -0.3 is 4.74 Å². The highest BCUT2D eigenvalue weighted by Crippen LogP contribution is 2.46. The predicted octanol–water partition coefficient (Wildman–Crippen LogP) is 3.00. The lowest BCUT2D eigenvalue weighted by atomic mass is 10.00. The Kier molecular flexibility index (Phi) is 3.32. The first-order valence-electron chi connectivity index (χ1n) is 5.25. The van der Waals surface area contributed by atoms with Gasteiger partial charge >= 0.3 is 0 Å². The summed E-state index contributed by atoms with van der Waals surface area (Å²) in [7, 11) is 0. The van der Waals surface area contributed by atoms with Crippen LogP contribution < -0.4 is 0 Å². The van der Waals surface area contributed by atoms with Gasteiger partial charge in [0.2, 0.25) is 5.12 Å². The Morgan fingerprint density at radius 2 is 1.86 bits per heavy atom. The summed E-state index contributed by atoms with van der Waals surface area (Å²) in [5.74, 6) is 0. The van der Waals surface area contributed by atoms with Crippen molar-refractivity contribution in [3.8, 4) is 0 Å². The van der Waals surface area contributed by atoms with E-state index in [4.69, 9.17) is 4.74 Å². The van der Waals surface area contributed by atoms with Crippen molar-refractivity contribution in [1.29, 1.82) is 0 Å². The summed E-state index contributed by atoms with van der Waals surface area (Å²) in [6.07, 6.45) is 1.72. The molecule has 1 aliphatic rings. The lowest BCUT2D eigenvalue weighted by molar-refractivity contribution is -0.112. The molecule has 0 aromatic heterocycles. The second kappa shape index (κ2) is 3.86. The largest absolute Gasteiger partial charge is 0.357 e. The van der Waals surface area contributed by atoms with Crippen LogP contribution in [0.2, 0.25) is 0 Å². The van der Waals surface area contributed by atoms with Crippen molar-refractivity contribution in [3.63, 3.8) is 0 Å². The van der Waals surface area contributed by atoms with Crippen LogP contribution in [0.4, 0.5) is 0 Å². The van der Waals surface area contributed by atoms with Crippen molar-refractivity contribution in [3.05, 3.63) is 0 Å². The minimum absolute atomic E-state index is 0.00371. The second-order valence-electron chi connectivity index (χ2n) is 4.80. The maximum atomic E-state index is 11.8. The fourth-order valence-electron chi connectivity index (χ4n) is 1.61. The Morgan fingerprint density at radius 1 is 1.36 bits per heavy atom. The van der Waals surface area contributed by atoms with Gasteiger partial charge in [-0.2, -0.15) is 0 Å². The number of carbonyl (C=O) groups excluding carboxylic acids is 1. The lowest BCUT2D eigenvalue weighted by Crippen LogP contribution is -2.21. The Labute approximate surface area is 90.8 Å². The van der Waals surface area contributed by atoms with Crippen molar-refractivity contribution in [2.45, 2.75) is 63.9 Å². The minimum Gasteiger partial charge on any atom is -0.357 e. The maximum absolute atomic E-state index is 11.8. The van der Waals surface area contributed by atoms with Crippen LogP contribution in [0.5, 0.6) is 0 Å². The molecule has 1 rings (SSSR count). The Bertz CT molecular complexity index is 226. The zero-order chi connectivity index (χ0) is 11.0. The van der Waals surface area contributed by atoms with Gasteiger partial charge in [0.25, 0.3) is 0 Å². The van der Waals surface area contributed by atoms with Crippen molar-refractivity contribution < 1.29 is 9.53 Å². The summed E-state index contributed by atoms with van der Waals surface area (Å²) in [5, 5.41) is 0.196. The molecule has 82 valence electrons. The van der Waals surface area contributed by atoms with Gasteiger partial charge in [0.15, 0.2) is 6.10 Å². The van der Waals surface area contributed by atoms with Crippen LogP contribution in [-0.4, -0.2) is 21.6 Å². The van der Waals surface area contributed by atoms with Crippen LogP contribution in [0.25, 0.3) is 0 Å². The molecule has 0 N–H and O–H groups in total. The van der Waals surface area contributed by atoms with Gasteiger partial charge in [-0.3, -0.25) is 4.79 Å². The van der Waals surface area contributed by atoms with Crippen molar-refractivity contribution in [2.75, 3.05) is 0 Å². The third-order valence-corrected chi connectivity index (χ3v) is 3.62. The molecule has 0 aromatic rings. The number of rotatable bonds is 3. The van der Waals surface area contributed by atoms with E-state index in [1.165, 1.54) is 11.8 Å². The third-order valence-electron chi connectivity index (χ3n) is 2.59. The highest BCUT2D eigenvalue weighted by atomic mass is 32.2. The highest BCUT2D eigenvalue weighted by molar-refractivity contribution is 8.14. The number of epoxide rings is 1. The summed E-state index contributed by atoms with van der Waals surface area (Å²) in [6.45, 7) is 10.3. The molecule has 1 aliphatic heterocycles. The second-order valence-corrected chi connectivity index (χ2v) is 6.63. The fraction of sp³-hybridized carbons (Fsp3) is 0.909. The summed E-state index contributed by atoms with van der Waals surface area (Å²) in [6, 6.07) is 0. The number of carbonyl (C=O) groups is 1. The highest BCUT2D eigenvalue weighted by Gasteiger charge is 2.58. The van der Waals surface area contributed by atoms with Crippen LogP contribution in [0.15, 0.2) is 0 Å². The smallest absolute Gasteiger partial charge is 0.221 e. The normalized spacial score (nSPS) is 24.8. The van der Waals surface area contributed by atoms with E-state index in [2.05, 4.69) is 34.6 Å². The molecule has 0 bridgehead atoms. The zero-order valence-electron chi connectivity index (χ0n) is 9.72. The van der Waals surface area contributed by atoms with Gasteiger partial charge in [0.05, 0.1) is 0 Å². The molecule has 1 fully saturated rings. The number of ether oxygens (including phenoxy) is 1. The lowest BCUT2D eigenvalue weighted by Gasteiger charge is -2.15. The molecule has 2 nitrogen and oxygen atoms in total. The van der Waals surface area contributed by atoms with E-state index in [-0.39, 0.29) is 21.6 Å². The molecule has 0 spiro atoms. The summed E-state index contributed by atoms with van der Waals surface area (Å²) in [4.78, 5) is 11.8. The van der Waals surface area contributed by atoms with Crippen LogP contribution in [0.3, 0.4) is 0 Å². The molecular formula is C11H20O2S. The average molecular weight is 216 g/mol. The number of thioether (sulfide) groups is 1. The van der Waals surface area contributed by atoms with E-state index in [1.54, 1.807) is 0 Å². The Morgan fingerprint density at radius 3 is 2.14 bits per heavy atom. The molecule has 0 aromatic carbocycles. The van der Waals surface area contributed by atoms with Crippen LogP contribution in [0.1, 0.15) is 47.5 Å². The minimum atomic E-state index is -0.151. The zero-order valence-corrected chi connectivity index (χ0v) is 10.5. The molecule has 14 heavy (non-hydrogen) atoms. The quantitative estimate of drug-likeness (QED) is 0.679. The SMILES string of the molecule is CCC1(CC)OC1C(=O)SC(C)(C)C. The standard InChI is InChI=1S/C11H20O2S/c1-6-11(7-2)8(13-11)9(12)14-10(3,4)5/h8H,6-7H2,1-5H3. The van der Waals surface area contributed by atoms with Crippen LogP contribution in [0, 0.1) is 0 Å². The van der Waals surface area contributed by atoms with Crippen molar-refractivity contribution >= 4 is 16.9 Å². The van der Waals surface area contributed by atoms with Gasteiger partial charge in [-0.1, -0.05) is 46.4 Å². The molecule has 0 amide bonds. The molecule has 0 aliphatic carbocycles. The maximum Gasteiger partial charge on any atom is 0.221 e. The molecule has 1 unspecified atom stereocenters. The fourth-order valence-corrected chi connectivity index (χ4v) is 2.58. The van der Waals surface area contributed by atoms with Gasteiger partial charge in [-0.25, -0.2) is 0 Å². The van der Waals surface area contributed by atoms with E-state index < -0.39 is 0 Å². The number of hydrogen-bond acceptors (Lipinski definition) is 3. The topological polar surface area (TPSA) is 29.6 Å². The first kappa shape index (κ1) is 12.1. The predicted molar refractivity (Wildman–Crippen MR) is 60.5 cm³/mol. The van der Waals surface area contributed by atoms with Gasteiger partial charge in [-0.05, 0) is 12.8 Å². The van der Waals surface area contributed by atoms with E-state index >= 15 is 0 Å². The Balaban J connectivity index is 2.51. The Hall–Kier alpha value is -0.0200. The van der Waals surface area contributed by atoms with Crippen LogP contribution in [-0.2, 0) is 9.53 Å². The van der Waals surface area contributed by atoms with Crippen LogP contribution >= 0.6 is 11.8 Å². The van der Waals surface area contributed by atoms with Gasteiger partial charge in [-0.15, -0.1) is 0 Å². The van der Waals surface area contributed by atoms with Gasteiger partial charge in [0, 0.05) is 4.75 Å². The van der Waals surface area contributed by atoms with Crippen molar-refractivity contribution in [1.82, 2.24) is 0 Å². The summed E-state index contributed by atoms with van der Waals surface area (Å²) in [5.41, 5.74) is -0.130.